The monoisotopic (exact) mass is 249 g/mol. The second-order valence-corrected chi connectivity index (χ2v) is 7.39. The second-order valence-electron chi connectivity index (χ2n) is 4.71. The van der Waals surface area contributed by atoms with Crippen LogP contribution in [-0.2, 0) is 14.6 Å². The van der Waals surface area contributed by atoms with Gasteiger partial charge in [0.1, 0.15) is 0 Å². The molecule has 5 heteroatoms. The third-order valence-electron chi connectivity index (χ3n) is 3.09. The van der Waals surface area contributed by atoms with Crippen LogP contribution in [0, 0.1) is 0 Å². The molecule has 2 atom stereocenters. The third kappa shape index (κ3) is 4.03. The molecule has 0 saturated carbocycles. The van der Waals surface area contributed by atoms with Gasteiger partial charge in [-0.25, -0.2) is 8.42 Å². The van der Waals surface area contributed by atoms with Crippen LogP contribution in [0.25, 0.3) is 0 Å². The van der Waals surface area contributed by atoms with Crippen LogP contribution in [0.4, 0.5) is 0 Å². The van der Waals surface area contributed by atoms with Gasteiger partial charge in [0, 0.05) is 19.2 Å². The average molecular weight is 249 g/mol. The van der Waals surface area contributed by atoms with Gasteiger partial charge in [0.15, 0.2) is 9.84 Å². The normalized spacial score (nSPS) is 23.9. The Morgan fingerprint density at radius 2 is 2.06 bits per heavy atom. The van der Waals surface area contributed by atoms with Gasteiger partial charge in [-0.3, -0.25) is 0 Å². The maximum absolute atomic E-state index is 11.6. The summed E-state index contributed by atoms with van der Waals surface area (Å²) in [5, 5.41) is 2.95. The summed E-state index contributed by atoms with van der Waals surface area (Å²) in [5.74, 6) is 0.210. The molecule has 0 bridgehead atoms. The van der Waals surface area contributed by atoms with Crippen molar-refractivity contribution in [1.29, 1.82) is 0 Å². The maximum Gasteiger partial charge on any atom is 0.153 e. The summed E-state index contributed by atoms with van der Waals surface area (Å²) in [6, 6.07) is 0.241. The van der Waals surface area contributed by atoms with Crippen LogP contribution in [0.1, 0.15) is 33.6 Å². The molecule has 1 N–H and O–H groups in total. The molecule has 0 radical (unpaired) electrons. The van der Waals surface area contributed by atoms with Crippen molar-refractivity contribution in [2.45, 2.75) is 51.0 Å². The molecule has 1 rings (SSSR count). The minimum atomic E-state index is -2.92. The molecule has 1 fully saturated rings. The van der Waals surface area contributed by atoms with Gasteiger partial charge in [0.25, 0.3) is 0 Å². The molecule has 1 aliphatic rings. The summed E-state index contributed by atoms with van der Waals surface area (Å²) < 4.78 is 28.7. The molecule has 0 aromatic rings. The van der Waals surface area contributed by atoms with Gasteiger partial charge in [0.05, 0.1) is 17.1 Å². The van der Waals surface area contributed by atoms with E-state index in [0.29, 0.717) is 6.54 Å². The van der Waals surface area contributed by atoms with Gasteiger partial charge in [-0.15, -0.1) is 0 Å². The largest absolute Gasteiger partial charge is 0.377 e. The Bertz CT molecular complexity index is 294. The van der Waals surface area contributed by atoms with Gasteiger partial charge in [-0.1, -0.05) is 0 Å². The quantitative estimate of drug-likeness (QED) is 0.762. The first-order chi connectivity index (χ1) is 7.43. The fourth-order valence-electron chi connectivity index (χ4n) is 1.79. The van der Waals surface area contributed by atoms with E-state index in [2.05, 4.69) is 12.2 Å². The Balaban J connectivity index is 2.24. The summed E-state index contributed by atoms with van der Waals surface area (Å²) in [6.07, 6.45) is 2.44. The van der Waals surface area contributed by atoms with E-state index in [0.717, 1.165) is 19.4 Å². The number of hydrogen-bond acceptors (Lipinski definition) is 4. The van der Waals surface area contributed by atoms with E-state index in [-0.39, 0.29) is 23.1 Å². The summed E-state index contributed by atoms with van der Waals surface area (Å²) in [5.41, 5.74) is 0. The molecule has 2 unspecified atom stereocenters. The lowest BCUT2D eigenvalue weighted by molar-refractivity contribution is 0.0844. The number of rotatable bonds is 6. The first kappa shape index (κ1) is 13.9. The number of nitrogens with one attached hydrogen (secondary N) is 1. The molecule has 1 aliphatic heterocycles. The molecule has 1 heterocycles. The molecular weight excluding hydrogens is 226 g/mol. The van der Waals surface area contributed by atoms with Gasteiger partial charge in [0.2, 0.25) is 0 Å². The summed E-state index contributed by atoms with van der Waals surface area (Å²) >= 11 is 0. The SMILES string of the molecule is CC(NCCS(=O)(=O)C(C)C)C1CCCO1. The van der Waals surface area contributed by atoms with Crippen LogP contribution in [-0.4, -0.2) is 44.7 Å². The predicted octanol–water partition coefficient (Wildman–Crippen LogP) is 0.967. The fourth-order valence-corrected chi connectivity index (χ4v) is 2.67. The Kier molecular flexibility index (Phi) is 5.21. The lowest BCUT2D eigenvalue weighted by atomic mass is 10.1. The molecule has 0 spiro atoms. The summed E-state index contributed by atoms with van der Waals surface area (Å²) in [6.45, 7) is 6.85. The van der Waals surface area contributed by atoms with Crippen LogP contribution in [0.5, 0.6) is 0 Å². The molecule has 0 aromatic carbocycles. The molecule has 16 heavy (non-hydrogen) atoms. The zero-order valence-electron chi connectivity index (χ0n) is 10.4. The van der Waals surface area contributed by atoms with E-state index in [9.17, 15) is 8.42 Å². The maximum atomic E-state index is 11.6. The Hall–Kier alpha value is -0.130. The van der Waals surface area contributed by atoms with Crippen molar-refractivity contribution in [3.63, 3.8) is 0 Å². The minimum Gasteiger partial charge on any atom is -0.377 e. The summed E-state index contributed by atoms with van der Waals surface area (Å²) in [7, 11) is -2.92. The van der Waals surface area contributed by atoms with Gasteiger partial charge >= 0.3 is 0 Å². The lowest BCUT2D eigenvalue weighted by Crippen LogP contribution is -2.40. The number of sulfone groups is 1. The number of ether oxygens (including phenoxy) is 1. The van der Waals surface area contributed by atoms with Gasteiger partial charge in [-0.05, 0) is 33.6 Å². The van der Waals surface area contributed by atoms with E-state index in [1.807, 2.05) is 0 Å². The molecule has 1 saturated heterocycles. The fraction of sp³-hybridized carbons (Fsp3) is 1.00. The molecule has 96 valence electrons. The van der Waals surface area contributed by atoms with Crippen molar-refractivity contribution < 1.29 is 13.2 Å². The topological polar surface area (TPSA) is 55.4 Å². The van der Waals surface area contributed by atoms with Crippen molar-refractivity contribution in [2.75, 3.05) is 18.9 Å². The highest BCUT2D eigenvalue weighted by molar-refractivity contribution is 7.92. The van der Waals surface area contributed by atoms with Crippen molar-refractivity contribution in [3.05, 3.63) is 0 Å². The van der Waals surface area contributed by atoms with Crippen molar-refractivity contribution in [1.82, 2.24) is 5.32 Å². The van der Waals surface area contributed by atoms with Crippen LogP contribution >= 0.6 is 0 Å². The smallest absolute Gasteiger partial charge is 0.153 e. The minimum absolute atomic E-state index is 0.210. The van der Waals surface area contributed by atoms with Gasteiger partial charge < -0.3 is 10.1 Å². The van der Waals surface area contributed by atoms with E-state index >= 15 is 0 Å². The zero-order chi connectivity index (χ0) is 12.2. The lowest BCUT2D eigenvalue weighted by Gasteiger charge is -2.20. The third-order valence-corrected chi connectivity index (χ3v) is 5.30. The first-order valence-corrected chi connectivity index (χ1v) is 7.71. The van der Waals surface area contributed by atoms with Gasteiger partial charge in [-0.2, -0.15) is 0 Å². The van der Waals surface area contributed by atoms with Crippen LogP contribution in [0.15, 0.2) is 0 Å². The highest BCUT2D eigenvalue weighted by Crippen LogP contribution is 2.15. The molecular formula is C11H23NO3S. The van der Waals surface area contributed by atoms with E-state index < -0.39 is 9.84 Å². The Labute approximate surface area is 98.7 Å². The number of hydrogen-bond donors (Lipinski definition) is 1. The average Bonchev–Trinajstić information content (AvgIpc) is 2.69. The molecule has 0 aliphatic carbocycles. The highest BCUT2D eigenvalue weighted by Gasteiger charge is 2.22. The van der Waals surface area contributed by atoms with Crippen molar-refractivity contribution in [2.24, 2.45) is 0 Å². The standard InChI is InChI=1S/C11H23NO3S/c1-9(2)16(13,14)8-6-12-10(3)11-5-4-7-15-11/h9-12H,4-8H2,1-3H3. The first-order valence-electron chi connectivity index (χ1n) is 6.00. The Morgan fingerprint density at radius 3 is 2.56 bits per heavy atom. The van der Waals surface area contributed by atoms with Crippen LogP contribution < -0.4 is 5.32 Å². The Morgan fingerprint density at radius 1 is 1.38 bits per heavy atom. The molecule has 0 aromatic heterocycles. The van der Waals surface area contributed by atoms with Crippen molar-refractivity contribution in [3.8, 4) is 0 Å². The predicted molar refractivity (Wildman–Crippen MR) is 65.4 cm³/mol. The highest BCUT2D eigenvalue weighted by atomic mass is 32.2. The van der Waals surface area contributed by atoms with E-state index in [1.165, 1.54) is 0 Å². The van der Waals surface area contributed by atoms with Crippen LogP contribution in [0.3, 0.4) is 0 Å². The molecule has 4 nitrogen and oxygen atoms in total. The zero-order valence-corrected chi connectivity index (χ0v) is 11.2. The van der Waals surface area contributed by atoms with Crippen LogP contribution in [0.2, 0.25) is 0 Å². The van der Waals surface area contributed by atoms with E-state index in [1.54, 1.807) is 13.8 Å². The molecule has 0 amide bonds. The second kappa shape index (κ2) is 5.98. The summed E-state index contributed by atoms with van der Waals surface area (Å²) in [4.78, 5) is 0. The van der Waals surface area contributed by atoms with E-state index in [4.69, 9.17) is 4.74 Å². The van der Waals surface area contributed by atoms with Crippen molar-refractivity contribution >= 4 is 9.84 Å².